The highest BCUT2D eigenvalue weighted by Gasteiger charge is 2.24. The summed E-state index contributed by atoms with van der Waals surface area (Å²) in [6, 6.07) is 4.69. The lowest BCUT2D eigenvalue weighted by molar-refractivity contribution is 0.341. The number of ether oxygens (including phenoxy) is 1. The van der Waals surface area contributed by atoms with Gasteiger partial charge in [0.2, 0.25) is 0 Å². The molecule has 88 valence electrons. The molecule has 1 aliphatic rings. The molecule has 16 heavy (non-hydrogen) atoms. The Morgan fingerprint density at radius 2 is 2.12 bits per heavy atom. The van der Waals surface area contributed by atoms with Gasteiger partial charge in [-0.05, 0) is 30.7 Å². The van der Waals surface area contributed by atoms with Crippen LogP contribution in [0.5, 0.6) is 5.75 Å². The molecule has 2 rings (SSSR count). The molecular weight excluding hydrogens is 266 g/mol. The summed E-state index contributed by atoms with van der Waals surface area (Å²) in [5.74, 6) is 1.64. The van der Waals surface area contributed by atoms with Crippen molar-refractivity contribution in [1.82, 2.24) is 5.32 Å². The average Bonchev–Trinajstić information content (AvgIpc) is 2.65. The summed E-state index contributed by atoms with van der Waals surface area (Å²) in [6.45, 7) is 5.26. The molecule has 0 aliphatic carbocycles. The Kier molecular flexibility index (Phi) is 3.55. The van der Waals surface area contributed by atoms with E-state index < -0.39 is 0 Å². The van der Waals surface area contributed by atoms with Crippen LogP contribution >= 0.6 is 15.9 Å². The summed E-state index contributed by atoms with van der Waals surface area (Å²) in [7, 11) is 2.01. The minimum atomic E-state index is 0.351. The second-order valence-corrected chi connectivity index (χ2v) is 5.51. The molecule has 1 aliphatic heterocycles. The van der Waals surface area contributed by atoms with E-state index in [1.165, 1.54) is 11.1 Å². The van der Waals surface area contributed by atoms with E-state index in [1.54, 1.807) is 0 Å². The monoisotopic (exact) mass is 283 g/mol. The summed E-state index contributed by atoms with van der Waals surface area (Å²) < 4.78 is 6.90. The van der Waals surface area contributed by atoms with Crippen LogP contribution in [-0.2, 0) is 6.42 Å². The molecule has 1 unspecified atom stereocenters. The quantitative estimate of drug-likeness (QED) is 0.919. The lowest BCUT2D eigenvalue weighted by atomic mass is 9.94. The van der Waals surface area contributed by atoms with Gasteiger partial charge in [0.15, 0.2) is 0 Å². The van der Waals surface area contributed by atoms with Gasteiger partial charge in [-0.15, -0.1) is 0 Å². The zero-order chi connectivity index (χ0) is 11.7. The number of halogens is 1. The number of rotatable bonds is 3. The fourth-order valence-corrected chi connectivity index (χ4v) is 2.90. The van der Waals surface area contributed by atoms with E-state index in [0.29, 0.717) is 12.0 Å². The van der Waals surface area contributed by atoms with Gasteiger partial charge in [-0.25, -0.2) is 0 Å². The molecule has 0 saturated carbocycles. The minimum absolute atomic E-state index is 0.351. The molecule has 0 amide bonds. The Hall–Kier alpha value is -0.540. The second-order valence-electron chi connectivity index (χ2n) is 4.59. The van der Waals surface area contributed by atoms with Crippen LogP contribution in [0.25, 0.3) is 0 Å². The first-order chi connectivity index (χ1) is 7.63. The Labute approximate surface area is 106 Å². The summed E-state index contributed by atoms with van der Waals surface area (Å²) in [5, 5.41) is 3.37. The third-order valence-corrected chi connectivity index (χ3v) is 3.55. The smallest absolute Gasteiger partial charge is 0.127 e. The van der Waals surface area contributed by atoms with Gasteiger partial charge in [0.05, 0.1) is 6.61 Å². The van der Waals surface area contributed by atoms with Gasteiger partial charge in [-0.2, -0.15) is 0 Å². The maximum atomic E-state index is 5.76. The van der Waals surface area contributed by atoms with Crippen LogP contribution in [0, 0.1) is 5.92 Å². The molecule has 2 nitrogen and oxygen atoms in total. The third-order valence-electron chi connectivity index (χ3n) is 3.09. The zero-order valence-corrected chi connectivity index (χ0v) is 11.6. The van der Waals surface area contributed by atoms with Crippen LogP contribution in [0.2, 0.25) is 0 Å². The van der Waals surface area contributed by atoms with Crippen LogP contribution in [0.4, 0.5) is 0 Å². The van der Waals surface area contributed by atoms with Crippen LogP contribution in [-0.4, -0.2) is 13.7 Å². The first-order valence-electron chi connectivity index (χ1n) is 5.76. The number of hydrogen-bond acceptors (Lipinski definition) is 2. The highest BCUT2D eigenvalue weighted by molar-refractivity contribution is 9.10. The third kappa shape index (κ3) is 2.11. The van der Waals surface area contributed by atoms with E-state index in [-0.39, 0.29) is 0 Å². The zero-order valence-electron chi connectivity index (χ0n) is 10.0. The molecule has 0 saturated heterocycles. The van der Waals surface area contributed by atoms with Crippen LogP contribution < -0.4 is 10.1 Å². The van der Waals surface area contributed by atoms with Crippen LogP contribution in [0.1, 0.15) is 31.0 Å². The minimum Gasteiger partial charge on any atom is -0.493 e. The first kappa shape index (κ1) is 11.9. The number of fused-ring (bicyclic) bond motifs is 1. The van der Waals surface area contributed by atoms with Gasteiger partial charge in [0.1, 0.15) is 5.75 Å². The van der Waals surface area contributed by atoms with Crippen molar-refractivity contribution < 1.29 is 4.74 Å². The molecule has 0 bridgehead atoms. The fourth-order valence-electron chi connectivity index (χ4n) is 2.38. The maximum absolute atomic E-state index is 5.76. The number of benzene rings is 1. The van der Waals surface area contributed by atoms with E-state index in [2.05, 4.69) is 47.2 Å². The van der Waals surface area contributed by atoms with Gasteiger partial charge >= 0.3 is 0 Å². The Balaban J connectivity index is 2.47. The molecule has 1 heterocycles. The van der Waals surface area contributed by atoms with E-state index in [1.807, 2.05) is 7.05 Å². The lowest BCUT2D eigenvalue weighted by Crippen LogP contribution is -2.22. The van der Waals surface area contributed by atoms with Crippen molar-refractivity contribution in [2.45, 2.75) is 26.3 Å². The topological polar surface area (TPSA) is 21.3 Å². The van der Waals surface area contributed by atoms with Crippen molar-refractivity contribution in [3.63, 3.8) is 0 Å². The van der Waals surface area contributed by atoms with Gasteiger partial charge in [0.25, 0.3) is 0 Å². The summed E-state index contributed by atoms with van der Waals surface area (Å²) in [4.78, 5) is 0. The molecule has 0 fully saturated rings. The molecule has 0 aromatic heterocycles. The standard InChI is InChI=1S/C13H18BrNO/c1-8(2)12(15-3)11-7-10(14)6-9-4-5-16-13(9)11/h6-8,12,15H,4-5H2,1-3H3. The summed E-state index contributed by atoms with van der Waals surface area (Å²) >= 11 is 3.58. The van der Waals surface area contributed by atoms with E-state index in [0.717, 1.165) is 23.2 Å². The van der Waals surface area contributed by atoms with Gasteiger partial charge in [-0.1, -0.05) is 29.8 Å². The average molecular weight is 284 g/mol. The maximum Gasteiger partial charge on any atom is 0.127 e. The molecule has 1 atom stereocenters. The fraction of sp³-hybridized carbons (Fsp3) is 0.538. The van der Waals surface area contributed by atoms with E-state index >= 15 is 0 Å². The molecule has 3 heteroatoms. The first-order valence-corrected chi connectivity index (χ1v) is 6.55. The van der Waals surface area contributed by atoms with Crippen molar-refractivity contribution in [2.75, 3.05) is 13.7 Å². The molecule has 0 radical (unpaired) electrons. The summed E-state index contributed by atoms with van der Waals surface area (Å²) in [6.07, 6.45) is 1.02. The van der Waals surface area contributed by atoms with Gasteiger partial charge < -0.3 is 10.1 Å². The van der Waals surface area contributed by atoms with Crippen LogP contribution in [0.15, 0.2) is 16.6 Å². The number of hydrogen-bond donors (Lipinski definition) is 1. The van der Waals surface area contributed by atoms with E-state index in [4.69, 9.17) is 4.74 Å². The molecule has 1 aromatic carbocycles. The predicted octanol–water partition coefficient (Wildman–Crippen LogP) is 3.30. The van der Waals surface area contributed by atoms with E-state index in [9.17, 15) is 0 Å². The summed E-state index contributed by atoms with van der Waals surface area (Å²) in [5.41, 5.74) is 2.60. The SMILES string of the molecule is CNC(c1cc(Br)cc2c1OCC2)C(C)C. The van der Waals surface area contributed by atoms with Crippen molar-refractivity contribution in [3.05, 3.63) is 27.7 Å². The molecule has 1 aromatic rings. The molecule has 0 spiro atoms. The van der Waals surface area contributed by atoms with Crippen molar-refractivity contribution in [3.8, 4) is 5.75 Å². The van der Waals surface area contributed by atoms with Crippen molar-refractivity contribution in [2.24, 2.45) is 5.92 Å². The predicted molar refractivity (Wildman–Crippen MR) is 70.0 cm³/mol. The normalized spacial score (nSPS) is 16.1. The molecular formula is C13H18BrNO. The van der Waals surface area contributed by atoms with Crippen LogP contribution in [0.3, 0.4) is 0 Å². The van der Waals surface area contributed by atoms with Gasteiger partial charge in [0, 0.05) is 22.5 Å². The highest BCUT2D eigenvalue weighted by Crippen LogP contribution is 2.38. The van der Waals surface area contributed by atoms with Crippen molar-refractivity contribution >= 4 is 15.9 Å². The second kappa shape index (κ2) is 4.76. The Bertz CT molecular complexity index is 390. The largest absolute Gasteiger partial charge is 0.493 e. The lowest BCUT2D eigenvalue weighted by Gasteiger charge is -2.23. The number of nitrogens with one attached hydrogen (secondary N) is 1. The Morgan fingerprint density at radius 3 is 2.75 bits per heavy atom. The van der Waals surface area contributed by atoms with Gasteiger partial charge in [-0.3, -0.25) is 0 Å². The highest BCUT2D eigenvalue weighted by atomic mass is 79.9. The van der Waals surface area contributed by atoms with Crippen molar-refractivity contribution in [1.29, 1.82) is 0 Å². The Morgan fingerprint density at radius 1 is 1.38 bits per heavy atom. The molecule has 1 N–H and O–H groups in total.